The summed E-state index contributed by atoms with van der Waals surface area (Å²) < 4.78 is 17.5. The SMILES string of the molecule is CC.CCCn1cnc2c(c(Nc3ccc(Br)cc3F)cc(=O)n2C)c1=O. The number of fused-ring (bicyclic) bond motifs is 1. The largest absolute Gasteiger partial charge is 0.352 e. The Balaban J connectivity index is 0.00000126. The molecule has 0 spiro atoms. The number of hydrogen-bond donors (Lipinski definition) is 1. The molecular formula is C19H22BrFN4O2. The molecule has 2 heterocycles. The number of aromatic nitrogens is 3. The fraction of sp³-hybridized carbons (Fsp3) is 0.316. The average molecular weight is 437 g/mol. The van der Waals surface area contributed by atoms with Crippen LogP contribution >= 0.6 is 15.9 Å². The standard InChI is InChI=1S/C17H16BrFN4O2.C2H6/c1-3-6-23-9-20-16-15(17(23)25)13(8-14(24)22(16)2)21-12-5-4-10(18)7-11(12)19;1-2/h4-5,7-9,21H,3,6H2,1-2H3;1-2H3. The zero-order chi connectivity index (χ0) is 20.1. The number of pyridine rings is 1. The lowest BCUT2D eigenvalue weighted by Crippen LogP contribution is -2.26. The topological polar surface area (TPSA) is 68.9 Å². The van der Waals surface area contributed by atoms with Crippen LogP contribution < -0.4 is 16.4 Å². The third-order valence-corrected chi connectivity index (χ3v) is 4.36. The Kier molecular flexibility index (Phi) is 6.90. The van der Waals surface area contributed by atoms with Gasteiger partial charge in [0.1, 0.15) is 11.2 Å². The number of rotatable bonds is 4. The molecule has 0 atom stereocenters. The maximum atomic E-state index is 14.1. The van der Waals surface area contributed by atoms with Crippen LogP contribution in [0.2, 0.25) is 0 Å². The van der Waals surface area contributed by atoms with Crippen molar-refractivity contribution in [1.29, 1.82) is 0 Å². The first-order chi connectivity index (χ1) is 12.9. The fourth-order valence-corrected chi connectivity index (χ4v) is 2.94. The van der Waals surface area contributed by atoms with Crippen LogP contribution in [0.25, 0.3) is 11.0 Å². The molecule has 0 amide bonds. The van der Waals surface area contributed by atoms with Gasteiger partial charge in [0.15, 0.2) is 5.65 Å². The first-order valence-electron chi connectivity index (χ1n) is 8.73. The number of benzene rings is 1. The van der Waals surface area contributed by atoms with Gasteiger partial charge in [-0.15, -0.1) is 0 Å². The lowest BCUT2D eigenvalue weighted by atomic mass is 10.2. The molecule has 27 heavy (non-hydrogen) atoms. The van der Waals surface area contributed by atoms with E-state index in [0.717, 1.165) is 6.42 Å². The number of anilines is 2. The van der Waals surface area contributed by atoms with Gasteiger partial charge in [0.25, 0.3) is 11.1 Å². The van der Waals surface area contributed by atoms with E-state index in [9.17, 15) is 14.0 Å². The molecule has 3 rings (SSSR count). The van der Waals surface area contributed by atoms with Crippen LogP contribution in [0.15, 0.2) is 44.7 Å². The Morgan fingerprint density at radius 2 is 1.89 bits per heavy atom. The molecule has 2 aromatic heterocycles. The molecular weight excluding hydrogens is 415 g/mol. The van der Waals surface area contributed by atoms with Crippen LogP contribution in [0.1, 0.15) is 27.2 Å². The molecule has 1 N–H and O–H groups in total. The minimum absolute atomic E-state index is 0.169. The molecule has 6 nitrogen and oxygen atoms in total. The van der Waals surface area contributed by atoms with Gasteiger partial charge in [-0.2, -0.15) is 0 Å². The zero-order valence-corrected chi connectivity index (χ0v) is 17.3. The highest BCUT2D eigenvalue weighted by Crippen LogP contribution is 2.25. The van der Waals surface area contributed by atoms with Crippen molar-refractivity contribution in [3.63, 3.8) is 0 Å². The van der Waals surface area contributed by atoms with E-state index in [0.29, 0.717) is 11.0 Å². The van der Waals surface area contributed by atoms with Crippen molar-refractivity contribution in [3.05, 3.63) is 61.6 Å². The van der Waals surface area contributed by atoms with Gasteiger partial charge in [0.2, 0.25) is 0 Å². The lowest BCUT2D eigenvalue weighted by Gasteiger charge is -2.13. The molecule has 1 aromatic carbocycles. The number of nitrogens with zero attached hydrogens (tertiary/aromatic N) is 3. The highest BCUT2D eigenvalue weighted by Gasteiger charge is 2.15. The van der Waals surface area contributed by atoms with Crippen LogP contribution in [-0.4, -0.2) is 14.1 Å². The number of hydrogen-bond acceptors (Lipinski definition) is 4. The molecule has 8 heteroatoms. The Bertz CT molecular complexity index is 1080. The van der Waals surface area contributed by atoms with Crippen molar-refractivity contribution < 1.29 is 4.39 Å². The minimum atomic E-state index is -0.499. The fourth-order valence-electron chi connectivity index (χ4n) is 2.60. The van der Waals surface area contributed by atoms with E-state index < -0.39 is 5.82 Å². The molecule has 3 aromatic rings. The Labute approximate surface area is 164 Å². The third kappa shape index (κ3) is 4.27. The van der Waals surface area contributed by atoms with E-state index in [2.05, 4.69) is 26.2 Å². The minimum Gasteiger partial charge on any atom is -0.352 e. The Hall–Kier alpha value is -2.48. The van der Waals surface area contributed by atoms with Crippen molar-refractivity contribution in [3.8, 4) is 0 Å². The van der Waals surface area contributed by atoms with Gasteiger partial charge in [0, 0.05) is 24.1 Å². The first-order valence-corrected chi connectivity index (χ1v) is 9.53. The molecule has 0 saturated carbocycles. The molecule has 0 fully saturated rings. The maximum absolute atomic E-state index is 14.1. The Morgan fingerprint density at radius 1 is 1.19 bits per heavy atom. The second-order valence-corrected chi connectivity index (χ2v) is 6.56. The van der Waals surface area contributed by atoms with Crippen molar-refractivity contribution in [1.82, 2.24) is 14.1 Å². The van der Waals surface area contributed by atoms with Crippen molar-refractivity contribution in [2.75, 3.05) is 5.32 Å². The second-order valence-electron chi connectivity index (χ2n) is 5.65. The summed E-state index contributed by atoms with van der Waals surface area (Å²) in [5.74, 6) is -0.499. The average Bonchev–Trinajstić information content (AvgIpc) is 2.65. The normalized spacial score (nSPS) is 10.4. The summed E-state index contributed by atoms with van der Waals surface area (Å²) in [6.07, 6.45) is 2.19. The highest BCUT2D eigenvalue weighted by molar-refractivity contribution is 9.10. The zero-order valence-electron chi connectivity index (χ0n) is 15.7. The molecule has 0 aliphatic rings. The quantitative estimate of drug-likeness (QED) is 0.665. The van der Waals surface area contributed by atoms with E-state index in [1.807, 2.05) is 20.8 Å². The van der Waals surface area contributed by atoms with Crippen molar-refractivity contribution >= 4 is 38.3 Å². The molecule has 0 saturated heterocycles. The molecule has 0 unspecified atom stereocenters. The van der Waals surface area contributed by atoms with E-state index in [1.165, 1.54) is 33.7 Å². The summed E-state index contributed by atoms with van der Waals surface area (Å²) in [5, 5.41) is 3.11. The van der Waals surface area contributed by atoms with E-state index >= 15 is 0 Å². The lowest BCUT2D eigenvalue weighted by molar-refractivity contribution is 0.631. The van der Waals surface area contributed by atoms with Crippen LogP contribution in [0.5, 0.6) is 0 Å². The molecule has 0 aliphatic carbocycles. The predicted octanol–water partition coefficient (Wildman–Crippen LogP) is 4.18. The van der Waals surface area contributed by atoms with Gasteiger partial charge in [0.05, 0.1) is 17.7 Å². The Morgan fingerprint density at radius 3 is 2.52 bits per heavy atom. The van der Waals surface area contributed by atoms with Gasteiger partial charge in [-0.1, -0.05) is 36.7 Å². The number of halogens is 2. The second kappa shape index (κ2) is 8.94. The summed E-state index contributed by atoms with van der Waals surface area (Å²) in [6, 6.07) is 5.79. The van der Waals surface area contributed by atoms with Gasteiger partial charge in [-0.25, -0.2) is 9.37 Å². The monoisotopic (exact) mass is 436 g/mol. The van der Waals surface area contributed by atoms with Crippen molar-refractivity contribution in [2.24, 2.45) is 7.05 Å². The van der Waals surface area contributed by atoms with E-state index in [1.54, 1.807) is 13.1 Å². The number of aryl methyl sites for hydroxylation is 2. The third-order valence-electron chi connectivity index (χ3n) is 3.87. The van der Waals surface area contributed by atoms with E-state index in [4.69, 9.17) is 0 Å². The van der Waals surface area contributed by atoms with Gasteiger partial charge in [-0.05, 0) is 24.6 Å². The first kappa shape index (κ1) is 20.8. The summed E-state index contributed by atoms with van der Waals surface area (Å²) in [5.41, 5.74) is 0.0466. The highest BCUT2D eigenvalue weighted by atomic mass is 79.9. The van der Waals surface area contributed by atoms with Crippen LogP contribution in [-0.2, 0) is 13.6 Å². The van der Waals surface area contributed by atoms with Gasteiger partial charge >= 0.3 is 0 Å². The molecule has 0 bridgehead atoms. The van der Waals surface area contributed by atoms with Crippen LogP contribution in [0, 0.1) is 5.82 Å². The van der Waals surface area contributed by atoms with Crippen LogP contribution in [0.3, 0.4) is 0 Å². The summed E-state index contributed by atoms with van der Waals surface area (Å²) in [4.78, 5) is 29.2. The van der Waals surface area contributed by atoms with Gasteiger partial charge in [-0.3, -0.25) is 18.7 Å². The van der Waals surface area contributed by atoms with E-state index in [-0.39, 0.29) is 33.5 Å². The summed E-state index contributed by atoms with van der Waals surface area (Å²) >= 11 is 3.20. The van der Waals surface area contributed by atoms with Gasteiger partial charge < -0.3 is 5.32 Å². The van der Waals surface area contributed by atoms with Crippen molar-refractivity contribution in [2.45, 2.75) is 33.7 Å². The molecule has 0 radical (unpaired) electrons. The predicted molar refractivity (Wildman–Crippen MR) is 110 cm³/mol. The number of nitrogens with one attached hydrogen (secondary N) is 1. The van der Waals surface area contributed by atoms with Crippen LogP contribution in [0.4, 0.5) is 15.8 Å². The maximum Gasteiger partial charge on any atom is 0.264 e. The summed E-state index contributed by atoms with van der Waals surface area (Å²) in [7, 11) is 1.55. The smallest absolute Gasteiger partial charge is 0.264 e. The molecule has 144 valence electrons. The molecule has 0 aliphatic heterocycles. The summed E-state index contributed by atoms with van der Waals surface area (Å²) in [6.45, 7) is 6.46.